The summed E-state index contributed by atoms with van der Waals surface area (Å²) in [5.74, 6) is 0. The van der Waals surface area contributed by atoms with E-state index in [1.807, 2.05) is 6.33 Å². The Morgan fingerprint density at radius 2 is 2.18 bits per heavy atom. The number of aromatic nitrogens is 2. The molecule has 0 aromatic carbocycles. The number of nitrogens with zero attached hydrogens (tertiary/aromatic N) is 2. The summed E-state index contributed by atoms with van der Waals surface area (Å²) >= 11 is 3.36. The molecule has 1 aromatic rings. The van der Waals surface area contributed by atoms with Crippen LogP contribution in [0, 0.1) is 0 Å². The van der Waals surface area contributed by atoms with E-state index in [0.29, 0.717) is 0 Å². The highest BCUT2D eigenvalue weighted by Crippen LogP contribution is 2.14. The second-order valence-corrected chi connectivity index (χ2v) is 4.14. The van der Waals surface area contributed by atoms with E-state index in [4.69, 9.17) is 0 Å². The van der Waals surface area contributed by atoms with Gasteiger partial charge in [-0.3, -0.25) is 0 Å². The predicted octanol–water partition coefficient (Wildman–Crippen LogP) is 2.53. The normalized spacial score (nSPS) is 12.0. The molecule has 0 N–H and O–H groups in total. The number of imidazole rings is 1. The standard InChI is InChI=1S/C8H13BrN2/c1-8(2,3)11-5-7(4-9)10-6-11/h5-6H,4H2,1-3H3. The van der Waals surface area contributed by atoms with Crippen LogP contribution in [0.1, 0.15) is 26.5 Å². The lowest BCUT2D eigenvalue weighted by Gasteiger charge is -2.19. The van der Waals surface area contributed by atoms with E-state index in [1.165, 1.54) is 0 Å². The zero-order chi connectivity index (χ0) is 8.48. The van der Waals surface area contributed by atoms with Gasteiger partial charge < -0.3 is 4.57 Å². The second-order valence-electron chi connectivity index (χ2n) is 3.58. The molecule has 0 saturated heterocycles. The molecule has 62 valence electrons. The molecule has 0 fully saturated rings. The highest BCUT2D eigenvalue weighted by atomic mass is 79.9. The summed E-state index contributed by atoms with van der Waals surface area (Å²) in [6.07, 6.45) is 3.94. The third-order valence-electron chi connectivity index (χ3n) is 1.55. The molecule has 1 aromatic heterocycles. The van der Waals surface area contributed by atoms with Gasteiger partial charge in [0, 0.05) is 17.1 Å². The molecule has 0 atom stereocenters. The molecule has 0 unspecified atom stereocenters. The lowest BCUT2D eigenvalue weighted by molar-refractivity contribution is 0.396. The molecule has 1 heterocycles. The molecule has 0 aliphatic rings. The first-order valence-electron chi connectivity index (χ1n) is 3.63. The van der Waals surface area contributed by atoms with Gasteiger partial charge in [0.25, 0.3) is 0 Å². The van der Waals surface area contributed by atoms with Crippen LogP contribution in [0.3, 0.4) is 0 Å². The maximum Gasteiger partial charge on any atom is 0.0954 e. The Morgan fingerprint density at radius 1 is 1.55 bits per heavy atom. The van der Waals surface area contributed by atoms with Crippen molar-refractivity contribution in [3.05, 3.63) is 18.2 Å². The highest BCUT2D eigenvalue weighted by Gasteiger charge is 2.12. The predicted molar refractivity (Wildman–Crippen MR) is 49.9 cm³/mol. The van der Waals surface area contributed by atoms with Crippen LogP contribution in [0.4, 0.5) is 0 Å². The molecule has 0 bridgehead atoms. The van der Waals surface area contributed by atoms with Crippen molar-refractivity contribution >= 4 is 15.9 Å². The molecule has 11 heavy (non-hydrogen) atoms. The van der Waals surface area contributed by atoms with Gasteiger partial charge in [-0.15, -0.1) is 0 Å². The van der Waals surface area contributed by atoms with Crippen molar-refractivity contribution in [2.45, 2.75) is 31.6 Å². The number of alkyl halides is 1. The summed E-state index contributed by atoms with van der Waals surface area (Å²) in [7, 11) is 0. The quantitative estimate of drug-likeness (QED) is 0.661. The molecular formula is C8H13BrN2. The molecule has 0 radical (unpaired) electrons. The Labute approximate surface area is 75.8 Å². The lowest BCUT2D eigenvalue weighted by atomic mass is 10.1. The summed E-state index contributed by atoms with van der Waals surface area (Å²) in [6, 6.07) is 0. The van der Waals surface area contributed by atoms with Crippen LogP contribution >= 0.6 is 15.9 Å². The molecule has 2 nitrogen and oxygen atoms in total. The van der Waals surface area contributed by atoms with Crippen molar-refractivity contribution in [3.8, 4) is 0 Å². The number of hydrogen-bond acceptors (Lipinski definition) is 1. The number of hydrogen-bond donors (Lipinski definition) is 0. The van der Waals surface area contributed by atoms with Gasteiger partial charge in [-0.1, -0.05) is 15.9 Å². The van der Waals surface area contributed by atoms with Crippen molar-refractivity contribution in [1.29, 1.82) is 0 Å². The third-order valence-corrected chi connectivity index (χ3v) is 2.12. The van der Waals surface area contributed by atoms with Gasteiger partial charge in [0.15, 0.2) is 0 Å². The largest absolute Gasteiger partial charge is 0.332 e. The molecule has 3 heteroatoms. The van der Waals surface area contributed by atoms with Crippen molar-refractivity contribution in [1.82, 2.24) is 9.55 Å². The van der Waals surface area contributed by atoms with Crippen LogP contribution in [-0.2, 0) is 10.9 Å². The third kappa shape index (κ3) is 2.06. The topological polar surface area (TPSA) is 17.8 Å². The minimum absolute atomic E-state index is 0.146. The summed E-state index contributed by atoms with van der Waals surface area (Å²) in [6.45, 7) is 6.48. The van der Waals surface area contributed by atoms with Crippen LogP contribution in [0.2, 0.25) is 0 Å². The van der Waals surface area contributed by atoms with E-state index in [1.54, 1.807) is 0 Å². The Kier molecular flexibility index (Phi) is 2.37. The number of rotatable bonds is 1. The van der Waals surface area contributed by atoms with E-state index in [9.17, 15) is 0 Å². The maximum absolute atomic E-state index is 4.22. The van der Waals surface area contributed by atoms with Crippen LogP contribution in [0.25, 0.3) is 0 Å². The number of halogens is 1. The Balaban J connectivity index is 2.89. The van der Waals surface area contributed by atoms with E-state index >= 15 is 0 Å². The molecule has 0 spiro atoms. The van der Waals surface area contributed by atoms with Crippen molar-refractivity contribution in [2.75, 3.05) is 0 Å². The van der Waals surface area contributed by atoms with Gasteiger partial charge in [-0.2, -0.15) is 0 Å². The monoisotopic (exact) mass is 216 g/mol. The Hall–Kier alpha value is -0.310. The van der Waals surface area contributed by atoms with Crippen LogP contribution < -0.4 is 0 Å². The minimum Gasteiger partial charge on any atom is -0.332 e. The summed E-state index contributed by atoms with van der Waals surface area (Å²) < 4.78 is 2.11. The first kappa shape index (κ1) is 8.78. The molecular weight excluding hydrogens is 204 g/mol. The fourth-order valence-electron chi connectivity index (χ4n) is 0.799. The fourth-order valence-corrected chi connectivity index (χ4v) is 1.09. The van der Waals surface area contributed by atoms with Gasteiger partial charge in [0.2, 0.25) is 0 Å². The maximum atomic E-state index is 4.22. The van der Waals surface area contributed by atoms with E-state index in [2.05, 4.69) is 52.4 Å². The summed E-state index contributed by atoms with van der Waals surface area (Å²) in [5.41, 5.74) is 1.23. The molecule has 1 rings (SSSR count). The Morgan fingerprint density at radius 3 is 2.45 bits per heavy atom. The van der Waals surface area contributed by atoms with Crippen LogP contribution in [-0.4, -0.2) is 9.55 Å². The first-order chi connectivity index (χ1) is 5.04. The fraction of sp³-hybridized carbons (Fsp3) is 0.625. The molecule has 0 saturated carbocycles. The second kappa shape index (κ2) is 2.97. The van der Waals surface area contributed by atoms with Gasteiger partial charge >= 0.3 is 0 Å². The van der Waals surface area contributed by atoms with Crippen molar-refractivity contribution in [3.63, 3.8) is 0 Å². The van der Waals surface area contributed by atoms with Gasteiger partial charge in [-0.05, 0) is 20.8 Å². The average Bonchev–Trinajstić information content (AvgIpc) is 2.32. The minimum atomic E-state index is 0.146. The van der Waals surface area contributed by atoms with Crippen LogP contribution in [0.5, 0.6) is 0 Å². The van der Waals surface area contributed by atoms with Gasteiger partial charge in [0.1, 0.15) is 0 Å². The lowest BCUT2D eigenvalue weighted by Crippen LogP contribution is -2.19. The SMILES string of the molecule is CC(C)(C)n1cnc(CBr)c1. The zero-order valence-corrected chi connectivity index (χ0v) is 8.72. The van der Waals surface area contributed by atoms with Crippen LogP contribution in [0.15, 0.2) is 12.5 Å². The summed E-state index contributed by atoms with van der Waals surface area (Å²) in [4.78, 5) is 4.22. The van der Waals surface area contributed by atoms with E-state index < -0.39 is 0 Å². The smallest absolute Gasteiger partial charge is 0.0954 e. The van der Waals surface area contributed by atoms with Gasteiger partial charge in [-0.25, -0.2) is 4.98 Å². The summed E-state index contributed by atoms with van der Waals surface area (Å²) in [5, 5.41) is 0.829. The van der Waals surface area contributed by atoms with E-state index in [0.717, 1.165) is 11.0 Å². The Bertz CT molecular complexity index is 234. The zero-order valence-electron chi connectivity index (χ0n) is 7.13. The highest BCUT2D eigenvalue weighted by molar-refractivity contribution is 9.08. The van der Waals surface area contributed by atoms with Crippen molar-refractivity contribution < 1.29 is 0 Å². The van der Waals surface area contributed by atoms with Crippen molar-refractivity contribution in [2.24, 2.45) is 0 Å². The molecule has 0 aliphatic heterocycles. The van der Waals surface area contributed by atoms with Gasteiger partial charge in [0.05, 0.1) is 12.0 Å². The molecule has 0 aliphatic carbocycles. The van der Waals surface area contributed by atoms with E-state index in [-0.39, 0.29) is 5.54 Å². The first-order valence-corrected chi connectivity index (χ1v) is 4.75. The molecule has 0 amide bonds. The average molecular weight is 217 g/mol.